The summed E-state index contributed by atoms with van der Waals surface area (Å²) >= 11 is 0. The minimum absolute atomic E-state index is 0.102. The Kier molecular flexibility index (Phi) is 12.9. The quantitative estimate of drug-likeness (QED) is 0.361. The van der Waals surface area contributed by atoms with E-state index in [1.54, 1.807) is 4.90 Å². The van der Waals surface area contributed by atoms with Crippen molar-refractivity contribution in [3.05, 3.63) is 28.9 Å². The molecule has 0 saturated heterocycles. The van der Waals surface area contributed by atoms with E-state index in [4.69, 9.17) is 19.3 Å². The third-order valence-electron chi connectivity index (χ3n) is 2.13. The molecule has 14 heteroatoms. The molecule has 1 aromatic carbocycles. The molecule has 0 spiro atoms. The molecule has 11 nitrogen and oxygen atoms in total. The molecule has 0 atom stereocenters. The number of anilines is 1. The Bertz CT molecular complexity index is 702. The van der Waals surface area contributed by atoms with E-state index in [9.17, 15) is 26.1 Å². The van der Waals surface area contributed by atoms with Gasteiger partial charge in [-0.1, -0.05) is 0 Å². The number of halogens is 1. The summed E-state index contributed by atoms with van der Waals surface area (Å²) in [6, 6.07) is 3.94. The summed E-state index contributed by atoms with van der Waals surface area (Å²) in [6.45, 7) is 0.367. The van der Waals surface area contributed by atoms with Crippen LogP contribution in [0.25, 0.3) is 0 Å². The zero-order valence-electron chi connectivity index (χ0n) is 14.0. The van der Waals surface area contributed by atoms with E-state index in [1.165, 1.54) is 12.1 Å². The van der Waals surface area contributed by atoms with Crippen LogP contribution in [-0.4, -0.2) is 75.0 Å². The Hall–Kier alpha value is -1.71. The maximum absolute atomic E-state index is 13.2. The Morgan fingerprint density at radius 3 is 1.65 bits per heavy atom. The van der Waals surface area contributed by atoms with Gasteiger partial charge in [-0.05, 0) is 23.4 Å². The predicted molar refractivity (Wildman–Crippen MR) is 93.2 cm³/mol. The standard InChI is InChI=1S/C10H13FN2O3.2CH4O3S/c11-9-7-8(1-2-10(9)12-16)13(3-5-14)4-6-15;2*1-5(2,3)4/h1-2,7,14-15H,3-6H2;2*1H3,(H,2,3,4). The SMILES string of the molecule is CS(=O)(=O)O.CS(=O)(=O)O.O=Nc1ccc(N(CCO)CCO)cc1F. The molecule has 26 heavy (non-hydrogen) atoms. The van der Waals surface area contributed by atoms with Crippen LogP contribution in [0.3, 0.4) is 0 Å². The van der Waals surface area contributed by atoms with E-state index in [0.29, 0.717) is 18.2 Å². The minimum atomic E-state index is -3.67. The minimum Gasteiger partial charge on any atom is -0.395 e. The number of hydrogen-bond donors (Lipinski definition) is 4. The van der Waals surface area contributed by atoms with E-state index in [1.807, 2.05) is 0 Å². The molecule has 0 radical (unpaired) electrons. The first-order valence-electron chi connectivity index (χ1n) is 6.67. The fourth-order valence-corrected chi connectivity index (χ4v) is 1.38. The van der Waals surface area contributed by atoms with Gasteiger partial charge in [-0.25, -0.2) is 4.39 Å². The lowest BCUT2D eigenvalue weighted by Crippen LogP contribution is -2.29. The molecular formula is C12H21FN2O9S2. The van der Waals surface area contributed by atoms with Crippen LogP contribution in [0.1, 0.15) is 0 Å². The molecule has 0 unspecified atom stereocenters. The van der Waals surface area contributed by atoms with Crippen molar-refractivity contribution in [2.24, 2.45) is 5.18 Å². The summed E-state index contributed by atoms with van der Waals surface area (Å²) in [5.74, 6) is -0.714. The van der Waals surface area contributed by atoms with Crippen molar-refractivity contribution in [3.63, 3.8) is 0 Å². The topological polar surface area (TPSA) is 182 Å². The second-order valence-corrected chi connectivity index (χ2v) is 7.56. The van der Waals surface area contributed by atoms with Crippen molar-refractivity contribution >= 4 is 31.6 Å². The maximum atomic E-state index is 13.2. The van der Waals surface area contributed by atoms with E-state index in [0.717, 1.165) is 6.07 Å². The van der Waals surface area contributed by atoms with Crippen LogP contribution >= 0.6 is 0 Å². The highest BCUT2D eigenvalue weighted by Crippen LogP contribution is 2.23. The molecule has 4 N–H and O–H groups in total. The van der Waals surface area contributed by atoms with Crippen molar-refractivity contribution in [3.8, 4) is 0 Å². The first-order chi connectivity index (χ1) is 11.7. The van der Waals surface area contributed by atoms with Crippen LogP contribution < -0.4 is 4.90 Å². The van der Waals surface area contributed by atoms with Gasteiger partial charge in [0.1, 0.15) is 5.69 Å². The van der Waals surface area contributed by atoms with Gasteiger partial charge >= 0.3 is 0 Å². The maximum Gasteiger partial charge on any atom is 0.261 e. The van der Waals surface area contributed by atoms with Gasteiger partial charge in [0.25, 0.3) is 20.2 Å². The number of aliphatic hydroxyl groups is 2. The number of aliphatic hydroxyl groups excluding tert-OH is 2. The number of benzene rings is 1. The van der Waals surface area contributed by atoms with E-state index < -0.39 is 26.1 Å². The monoisotopic (exact) mass is 420 g/mol. The Morgan fingerprint density at radius 2 is 1.38 bits per heavy atom. The lowest BCUT2D eigenvalue weighted by molar-refractivity contribution is 0.281. The normalized spacial score (nSPS) is 10.7. The van der Waals surface area contributed by atoms with Crippen LogP contribution in [0, 0.1) is 10.7 Å². The lowest BCUT2D eigenvalue weighted by Gasteiger charge is -2.22. The number of hydrogen-bond acceptors (Lipinski definition) is 9. The molecule has 0 aliphatic heterocycles. The highest BCUT2D eigenvalue weighted by molar-refractivity contribution is 7.85. The molecule has 152 valence electrons. The van der Waals surface area contributed by atoms with E-state index >= 15 is 0 Å². The molecule has 1 aromatic rings. The molecule has 0 heterocycles. The summed E-state index contributed by atoms with van der Waals surface area (Å²) in [5, 5.41) is 20.1. The first kappa shape index (κ1) is 26.5. The highest BCUT2D eigenvalue weighted by atomic mass is 32.2. The van der Waals surface area contributed by atoms with Crippen LogP contribution in [0.2, 0.25) is 0 Å². The van der Waals surface area contributed by atoms with Crippen LogP contribution in [0.5, 0.6) is 0 Å². The van der Waals surface area contributed by atoms with E-state index in [2.05, 4.69) is 5.18 Å². The second-order valence-electron chi connectivity index (χ2n) is 4.63. The lowest BCUT2D eigenvalue weighted by atomic mass is 10.2. The molecule has 0 saturated carbocycles. The summed E-state index contributed by atoms with van der Waals surface area (Å²) in [6.07, 6.45) is 1.43. The van der Waals surface area contributed by atoms with Crippen molar-refractivity contribution < 1.29 is 40.5 Å². The Morgan fingerprint density at radius 1 is 1.00 bits per heavy atom. The molecule has 0 aliphatic rings. The summed E-state index contributed by atoms with van der Waals surface area (Å²) in [4.78, 5) is 11.8. The highest BCUT2D eigenvalue weighted by Gasteiger charge is 2.09. The molecule has 0 fully saturated rings. The molecular weight excluding hydrogens is 399 g/mol. The predicted octanol–water partition coefficient (Wildman–Crippen LogP) is 0.0226. The van der Waals surface area contributed by atoms with Gasteiger partial charge in [0.2, 0.25) is 0 Å². The smallest absolute Gasteiger partial charge is 0.261 e. The van der Waals surface area contributed by atoms with Gasteiger partial charge in [0, 0.05) is 18.8 Å². The van der Waals surface area contributed by atoms with Gasteiger partial charge in [-0.15, -0.1) is 4.91 Å². The van der Waals surface area contributed by atoms with E-state index in [-0.39, 0.29) is 32.0 Å². The number of rotatable bonds is 6. The zero-order valence-corrected chi connectivity index (χ0v) is 15.6. The fourth-order valence-electron chi connectivity index (χ4n) is 1.38. The van der Waals surface area contributed by atoms with Gasteiger partial charge in [0.05, 0.1) is 25.7 Å². The molecule has 0 aliphatic carbocycles. The van der Waals surface area contributed by atoms with Crippen molar-refractivity contribution in [2.45, 2.75) is 0 Å². The van der Waals surface area contributed by atoms with Crippen molar-refractivity contribution in [1.82, 2.24) is 0 Å². The summed E-state index contributed by atoms with van der Waals surface area (Å²) < 4.78 is 65.0. The zero-order chi connectivity index (χ0) is 21.0. The van der Waals surface area contributed by atoms with Gasteiger partial charge in [0.15, 0.2) is 5.82 Å². The third kappa shape index (κ3) is 18.6. The van der Waals surface area contributed by atoms with Gasteiger partial charge in [-0.3, -0.25) is 9.11 Å². The average molecular weight is 420 g/mol. The summed E-state index contributed by atoms with van der Waals surface area (Å²) in [7, 11) is -7.33. The van der Waals surface area contributed by atoms with Gasteiger partial charge < -0.3 is 15.1 Å². The first-order valence-corrected chi connectivity index (χ1v) is 10.4. The number of nitroso groups, excluding NO2 is 1. The van der Waals surface area contributed by atoms with Crippen molar-refractivity contribution in [2.75, 3.05) is 43.7 Å². The van der Waals surface area contributed by atoms with Crippen molar-refractivity contribution in [1.29, 1.82) is 0 Å². The molecule has 1 rings (SSSR count). The largest absolute Gasteiger partial charge is 0.395 e. The Labute approximate surface area is 150 Å². The Balaban J connectivity index is 0. The number of nitrogens with zero attached hydrogens (tertiary/aromatic N) is 2. The fraction of sp³-hybridized carbons (Fsp3) is 0.500. The molecule has 0 amide bonds. The van der Waals surface area contributed by atoms with Crippen LogP contribution in [-0.2, 0) is 20.2 Å². The molecule has 0 bridgehead atoms. The van der Waals surface area contributed by atoms with Crippen LogP contribution in [0.4, 0.5) is 15.8 Å². The molecule has 0 aromatic heterocycles. The second kappa shape index (κ2) is 12.6. The average Bonchev–Trinajstić information content (AvgIpc) is 2.43. The van der Waals surface area contributed by atoms with Crippen LogP contribution in [0.15, 0.2) is 23.4 Å². The summed E-state index contributed by atoms with van der Waals surface area (Å²) in [5.41, 5.74) is 0.240. The third-order valence-corrected chi connectivity index (χ3v) is 2.13. The van der Waals surface area contributed by atoms with Gasteiger partial charge in [-0.2, -0.15) is 16.8 Å².